The van der Waals surface area contributed by atoms with Gasteiger partial charge in [0.2, 0.25) is 5.88 Å². The zero-order chi connectivity index (χ0) is 25.5. The number of nitrogens with one attached hydrogen (secondary N) is 2. The number of pyridine rings is 2. The summed E-state index contributed by atoms with van der Waals surface area (Å²) < 4.78 is 11.4. The number of hydrogen-bond acceptors (Lipinski definition) is 7. The molecule has 3 N–H and O–H groups in total. The molecule has 2 amide bonds. The Bertz CT molecular complexity index is 1270. The summed E-state index contributed by atoms with van der Waals surface area (Å²) in [6.45, 7) is 3.50. The number of carbonyl (C=O) groups is 2. The van der Waals surface area contributed by atoms with E-state index in [1.165, 1.54) is 24.9 Å². The normalized spacial score (nSPS) is 11.4. The number of ether oxygens (including phenoxy) is 2. The molecule has 0 aliphatic rings. The standard InChI is InChI=1S/C25H28N4O6/c1-5-35-21(30)12-19(27-25(33)28-22-23(31)15(2)14-29(3)24(22)32)17-8-6-7-16(11-17)18-9-10-20(34-4)26-13-18/h6-11,13-14,19,31H,5,12H2,1-4H3,(H2,27,28,33). The molecule has 0 saturated heterocycles. The Balaban J connectivity index is 1.89. The summed E-state index contributed by atoms with van der Waals surface area (Å²) in [5, 5.41) is 15.4. The number of aromatic nitrogens is 2. The van der Waals surface area contributed by atoms with Gasteiger partial charge in [0, 0.05) is 36.6 Å². The number of methoxy groups -OCH3 is 1. The second-order valence-corrected chi connectivity index (χ2v) is 7.83. The molecule has 0 aliphatic heterocycles. The number of amides is 2. The van der Waals surface area contributed by atoms with Crippen LogP contribution in [0.5, 0.6) is 11.6 Å². The van der Waals surface area contributed by atoms with E-state index in [1.54, 1.807) is 38.2 Å². The predicted octanol–water partition coefficient (Wildman–Crippen LogP) is 3.29. The SMILES string of the molecule is CCOC(=O)CC(NC(=O)Nc1c(O)c(C)cn(C)c1=O)c1cccc(-c2ccc(OC)nc2)c1. The Labute approximate surface area is 202 Å². The zero-order valence-corrected chi connectivity index (χ0v) is 20.0. The Morgan fingerprint density at radius 2 is 1.97 bits per heavy atom. The summed E-state index contributed by atoms with van der Waals surface area (Å²) in [6.07, 6.45) is 2.99. The Kier molecular flexibility index (Phi) is 8.08. The van der Waals surface area contributed by atoms with Crippen LogP contribution < -0.4 is 20.9 Å². The maximum atomic E-state index is 12.8. The van der Waals surface area contributed by atoms with Crippen LogP contribution in [0, 0.1) is 6.92 Å². The lowest BCUT2D eigenvalue weighted by molar-refractivity contribution is -0.143. The number of benzene rings is 1. The maximum Gasteiger partial charge on any atom is 0.319 e. The average molecular weight is 481 g/mol. The van der Waals surface area contributed by atoms with Crippen LogP contribution in [0.4, 0.5) is 10.5 Å². The maximum absolute atomic E-state index is 12.8. The minimum absolute atomic E-state index is 0.136. The van der Waals surface area contributed by atoms with Gasteiger partial charge in [-0.2, -0.15) is 0 Å². The van der Waals surface area contributed by atoms with Gasteiger partial charge in [-0.25, -0.2) is 9.78 Å². The fraction of sp³-hybridized carbons (Fsp3) is 0.280. The van der Waals surface area contributed by atoms with E-state index < -0.39 is 23.6 Å². The van der Waals surface area contributed by atoms with Crippen LogP contribution in [0.1, 0.15) is 30.5 Å². The van der Waals surface area contributed by atoms with E-state index >= 15 is 0 Å². The molecule has 10 nitrogen and oxygen atoms in total. The van der Waals surface area contributed by atoms with E-state index in [9.17, 15) is 19.5 Å². The summed E-state index contributed by atoms with van der Waals surface area (Å²) >= 11 is 0. The van der Waals surface area contributed by atoms with Gasteiger partial charge in [-0.15, -0.1) is 0 Å². The minimum atomic E-state index is -0.768. The summed E-state index contributed by atoms with van der Waals surface area (Å²) in [5.74, 6) is -0.336. The van der Waals surface area contributed by atoms with Crippen LogP contribution in [0.3, 0.4) is 0 Å². The van der Waals surface area contributed by atoms with E-state index in [4.69, 9.17) is 9.47 Å². The number of carbonyl (C=O) groups excluding carboxylic acids is 2. The van der Waals surface area contributed by atoms with Crippen LogP contribution >= 0.6 is 0 Å². The molecule has 1 atom stereocenters. The number of hydrogen-bond donors (Lipinski definition) is 3. The lowest BCUT2D eigenvalue weighted by Crippen LogP contribution is -2.36. The number of rotatable bonds is 8. The third-order valence-electron chi connectivity index (χ3n) is 5.32. The first-order chi connectivity index (χ1) is 16.7. The fourth-order valence-corrected chi connectivity index (χ4v) is 3.55. The highest BCUT2D eigenvalue weighted by Gasteiger charge is 2.22. The highest BCUT2D eigenvalue weighted by Crippen LogP contribution is 2.27. The van der Waals surface area contributed by atoms with Gasteiger partial charge >= 0.3 is 12.0 Å². The summed E-state index contributed by atoms with van der Waals surface area (Å²) in [6, 6.07) is 9.34. The molecule has 0 fully saturated rings. The first-order valence-corrected chi connectivity index (χ1v) is 11.0. The van der Waals surface area contributed by atoms with Gasteiger partial charge in [0.1, 0.15) is 5.75 Å². The van der Waals surface area contributed by atoms with E-state index in [0.717, 1.165) is 11.1 Å². The van der Waals surface area contributed by atoms with Crippen molar-refractivity contribution in [3.05, 3.63) is 70.3 Å². The van der Waals surface area contributed by atoms with Crippen molar-refractivity contribution in [2.24, 2.45) is 7.05 Å². The monoisotopic (exact) mass is 480 g/mol. The van der Waals surface area contributed by atoms with Crippen molar-refractivity contribution in [3.8, 4) is 22.8 Å². The van der Waals surface area contributed by atoms with Gasteiger partial charge in [-0.3, -0.25) is 9.59 Å². The van der Waals surface area contributed by atoms with E-state index in [2.05, 4.69) is 15.6 Å². The van der Waals surface area contributed by atoms with Crippen molar-refractivity contribution < 1.29 is 24.2 Å². The molecule has 184 valence electrons. The van der Waals surface area contributed by atoms with Crippen LogP contribution in [0.2, 0.25) is 0 Å². The number of anilines is 1. The molecule has 0 spiro atoms. The number of esters is 1. The highest BCUT2D eigenvalue weighted by atomic mass is 16.5. The largest absolute Gasteiger partial charge is 0.505 e. The van der Waals surface area contributed by atoms with E-state index in [-0.39, 0.29) is 24.5 Å². The molecule has 0 radical (unpaired) electrons. The second-order valence-electron chi connectivity index (χ2n) is 7.83. The van der Waals surface area contributed by atoms with Gasteiger partial charge in [-0.1, -0.05) is 18.2 Å². The van der Waals surface area contributed by atoms with Crippen LogP contribution in [0.25, 0.3) is 11.1 Å². The van der Waals surface area contributed by atoms with E-state index in [1.807, 2.05) is 18.2 Å². The van der Waals surface area contributed by atoms with Crippen molar-refractivity contribution in [1.29, 1.82) is 0 Å². The van der Waals surface area contributed by atoms with Crippen molar-refractivity contribution >= 4 is 17.7 Å². The lowest BCUT2D eigenvalue weighted by atomic mass is 9.98. The fourth-order valence-electron chi connectivity index (χ4n) is 3.55. The van der Waals surface area contributed by atoms with Crippen molar-refractivity contribution in [2.45, 2.75) is 26.3 Å². The summed E-state index contributed by atoms with van der Waals surface area (Å²) in [4.78, 5) is 41.7. The molecule has 35 heavy (non-hydrogen) atoms. The smallest absolute Gasteiger partial charge is 0.319 e. The minimum Gasteiger partial charge on any atom is -0.505 e. The average Bonchev–Trinajstić information content (AvgIpc) is 2.85. The Morgan fingerprint density at radius 1 is 1.20 bits per heavy atom. The van der Waals surface area contributed by atoms with Crippen LogP contribution in [0.15, 0.2) is 53.6 Å². The third kappa shape index (κ3) is 6.17. The molecule has 0 bridgehead atoms. The van der Waals surface area contributed by atoms with Crippen molar-refractivity contribution in [3.63, 3.8) is 0 Å². The van der Waals surface area contributed by atoms with Gasteiger partial charge in [0.05, 0.1) is 26.2 Å². The van der Waals surface area contributed by atoms with Crippen LogP contribution in [-0.4, -0.2) is 40.4 Å². The molecule has 2 aromatic heterocycles. The van der Waals surface area contributed by atoms with Crippen LogP contribution in [-0.2, 0) is 16.6 Å². The molecule has 3 aromatic rings. The molecule has 2 heterocycles. The Hall–Kier alpha value is -4.34. The van der Waals surface area contributed by atoms with Gasteiger partial charge < -0.3 is 29.8 Å². The molecule has 0 saturated carbocycles. The zero-order valence-electron chi connectivity index (χ0n) is 20.0. The number of urea groups is 1. The van der Waals surface area contributed by atoms with Crippen molar-refractivity contribution in [2.75, 3.05) is 19.0 Å². The molecular weight excluding hydrogens is 452 g/mol. The van der Waals surface area contributed by atoms with Gasteiger partial charge in [0.15, 0.2) is 5.69 Å². The second kappa shape index (κ2) is 11.2. The number of nitrogens with zero attached hydrogens (tertiary/aromatic N) is 2. The first-order valence-electron chi connectivity index (χ1n) is 11.0. The molecule has 1 unspecified atom stereocenters. The highest BCUT2D eigenvalue weighted by molar-refractivity contribution is 5.91. The lowest BCUT2D eigenvalue weighted by Gasteiger charge is -2.20. The van der Waals surface area contributed by atoms with Gasteiger partial charge in [0.25, 0.3) is 5.56 Å². The number of aromatic hydroxyl groups is 1. The molecule has 1 aromatic carbocycles. The molecular formula is C25H28N4O6. The molecule has 3 rings (SSSR count). The first kappa shape index (κ1) is 25.3. The summed E-state index contributed by atoms with van der Waals surface area (Å²) in [7, 11) is 3.05. The molecule has 10 heteroatoms. The van der Waals surface area contributed by atoms with Gasteiger partial charge in [-0.05, 0) is 37.1 Å². The predicted molar refractivity (Wildman–Crippen MR) is 130 cm³/mol. The topological polar surface area (TPSA) is 132 Å². The number of aryl methyl sites for hydroxylation is 2. The quantitative estimate of drug-likeness (QED) is 0.422. The Morgan fingerprint density at radius 3 is 2.63 bits per heavy atom. The molecule has 0 aliphatic carbocycles. The van der Waals surface area contributed by atoms with Crippen molar-refractivity contribution in [1.82, 2.24) is 14.9 Å². The summed E-state index contributed by atoms with van der Waals surface area (Å²) in [5.41, 5.74) is 1.88. The van der Waals surface area contributed by atoms with E-state index in [0.29, 0.717) is 17.0 Å². The third-order valence-corrected chi connectivity index (χ3v) is 5.32.